The van der Waals surface area contributed by atoms with Crippen molar-refractivity contribution in [3.63, 3.8) is 0 Å². The minimum absolute atomic E-state index is 0.133. The van der Waals surface area contributed by atoms with E-state index in [-0.39, 0.29) is 5.78 Å². The molecule has 0 aliphatic rings. The molecule has 1 aromatic heterocycles. The number of nitrogens with zero attached hydrogens (tertiary/aromatic N) is 2. The molecule has 5 heteroatoms. The van der Waals surface area contributed by atoms with E-state index in [0.717, 1.165) is 11.3 Å². The Morgan fingerprint density at radius 3 is 2.39 bits per heavy atom. The molecule has 0 aliphatic carbocycles. The standard InChI is InChI=1S/C18H16ClN3O/c1-11-5-3-4-6-15(11)22-16(12(2)21-18(22)20)17(23)13-7-9-14(19)10-8-13/h3-10H,1-2H3,(H2,20,21). The summed E-state index contributed by atoms with van der Waals surface area (Å²) in [5.74, 6) is 0.167. The zero-order valence-corrected chi connectivity index (χ0v) is 13.6. The summed E-state index contributed by atoms with van der Waals surface area (Å²) >= 11 is 5.90. The summed E-state index contributed by atoms with van der Waals surface area (Å²) in [6.07, 6.45) is 0. The fourth-order valence-electron chi connectivity index (χ4n) is 2.61. The number of hydrogen-bond donors (Lipinski definition) is 1. The van der Waals surface area contributed by atoms with Gasteiger partial charge in [-0.3, -0.25) is 9.36 Å². The van der Waals surface area contributed by atoms with Crippen LogP contribution in [0, 0.1) is 13.8 Å². The number of imidazole rings is 1. The van der Waals surface area contributed by atoms with E-state index in [4.69, 9.17) is 17.3 Å². The molecule has 0 saturated carbocycles. The number of aryl methyl sites for hydroxylation is 2. The number of benzene rings is 2. The normalized spacial score (nSPS) is 10.7. The molecule has 0 saturated heterocycles. The number of nitrogens with two attached hydrogens (primary N) is 1. The predicted octanol–water partition coefficient (Wildman–Crippen LogP) is 3.96. The molecule has 23 heavy (non-hydrogen) atoms. The molecule has 1 heterocycles. The lowest BCUT2D eigenvalue weighted by Gasteiger charge is -2.12. The Labute approximate surface area is 139 Å². The number of carbonyl (C=O) groups excluding carboxylic acids is 1. The third kappa shape index (κ3) is 2.73. The summed E-state index contributed by atoms with van der Waals surface area (Å²) in [5.41, 5.74) is 9.55. The van der Waals surface area contributed by atoms with Crippen LogP contribution >= 0.6 is 11.6 Å². The van der Waals surface area contributed by atoms with E-state index in [9.17, 15) is 4.79 Å². The first-order valence-electron chi connectivity index (χ1n) is 7.20. The maximum absolute atomic E-state index is 12.9. The Kier molecular flexibility index (Phi) is 3.92. The number of halogens is 1. The molecule has 0 spiro atoms. The van der Waals surface area contributed by atoms with Gasteiger partial charge in [-0.2, -0.15) is 0 Å². The van der Waals surface area contributed by atoms with Crippen molar-refractivity contribution in [1.82, 2.24) is 9.55 Å². The lowest BCUT2D eigenvalue weighted by molar-refractivity contribution is 0.103. The molecule has 3 rings (SSSR count). The van der Waals surface area contributed by atoms with Gasteiger partial charge in [0.25, 0.3) is 0 Å². The van der Waals surface area contributed by atoms with E-state index < -0.39 is 0 Å². The highest BCUT2D eigenvalue weighted by molar-refractivity contribution is 6.30. The van der Waals surface area contributed by atoms with E-state index in [1.165, 1.54) is 0 Å². The van der Waals surface area contributed by atoms with Gasteiger partial charge in [0.05, 0.1) is 11.4 Å². The van der Waals surface area contributed by atoms with E-state index in [1.54, 1.807) is 35.8 Å². The van der Waals surface area contributed by atoms with Gasteiger partial charge in [0.1, 0.15) is 5.69 Å². The lowest BCUT2D eigenvalue weighted by Crippen LogP contribution is -2.12. The molecule has 2 N–H and O–H groups in total. The van der Waals surface area contributed by atoms with Gasteiger partial charge in [-0.05, 0) is 49.7 Å². The van der Waals surface area contributed by atoms with Crippen LogP contribution in [0.1, 0.15) is 27.3 Å². The van der Waals surface area contributed by atoms with Crippen molar-refractivity contribution in [2.75, 3.05) is 5.73 Å². The van der Waals surface area contributed by atoms with Crippen LogP contribution in [0.25, 0.3) is 5.69 Å². The van der Waals surface area contributed by atoms with Crippen LogP contribution in [0.4, 0.5) is 5.95 Å². The molecule has 0 radical (unpaired) electrons. The van der Waals surface area contributed by atoms with Crippen LogP contribution in [0.15, 0.2) is 48.5 Å². The van der Waals surface area contributed by atoms with Gasteiger partial charge in [0, 0.05) is 10.6 Å². The molecular weight excluding hydrogens is 310 g/mol. The maximum atomic E-state index is 12.9. The van der Waals surface area contributed by atoms with Gasteiger partial charge < -0.3 is 5.73 Å². The van der Waals surface area contributed by atoms with Crippen molar-refractivity contribution < 1.29 is 4.79 Å². The Morgan fingerprint density at radius 2 is 1.74 bits per heavy atom. The molecular formula is C18H16ClN3O. The Hall–Kier alpha value is -2.59. The lowest BCUT2D eigenvalue weighted by atomic mass is 10.1. The molecule has 0 unspecified atom stereocenters. The number of nitrogen functional groups attached to an aromatic ring is 1. The van der Waals surface area contributed by atoms with Crippen LogP contribution in [-0.4, -0.2) is 15.3 Å². The smallest absolute Gasteiger partial charge is 0.211 e. The molecule has 116 valence electrons. The second-order valence-electron chi connectivity index (χ2n) is 5.36. The molecule has 0 atom stereocenters. The number of carbonyl (C=O) groups is 1. The fourth-order valence-corrected chi connectivity index (χ4v) is 2.74. The second kappa shape index (κ2) is 5.89. The number of anilines is 1. The van der Waals surface area contributed by atoms with Crippen molar-refractivity contribution >= 4 is 23.3 Å². The molecule has 0 amide bonds. The molecule has 0 aliphatic heterocycles. The van der Waals surface area contributed by atoms with Gasteiger partial charge in [-0.15, -0.1) is 0 Å². The monoisotopic (exact) mass is 325 g/mol. The zero-order valence-electron chi connectivity index (χ0n) is 12.9. The van der Waals surface area contributed by atoms with Crippen LogP contribution in [0.2, 0.25) is 5.02 Å². The number of aromatic nitrogens is 2. The molecule has 3 aromatic rings. The van der Waals surface area contributed by atoms with Crippen LogP contribution in [0.3, 0.4) is 0 Å². The maximum Gasteiger partial charge on any atom is 0.211 e. The molecule has 2 aromatic carbocycles. The van der Waals surface area contributed by atoms with Gasteiger partial charge >= 0.3 is 0 Å². The van der Waals surface area contributed by atoms with E-state index in [2.05, 4.69) is 4.98 Å². The number of ketones is 1. The highest BCUT2D eigenvalue weighted by Gasteiger charge is 2.22. The average Bonchev–Trinajstić information content (AvgIpc) is 2.82. The summed E-state index contributed by atoms with van der Waals surface area (Å²) in [6, 6.07) is 14.5. The molecule has 0 fully saturated rings. The van der Waals surface area contributed by atoms with Gasteiger partial charge in [-0.25, -0.2) is 4.98 Å². The number of hydrogen-bond acceptors (Lipinski definition) is 3. The van der Waals surface area contributed by atoms with E-state index >= 15 is 0 Å². The number of rotatable bonds is 3. The first kappa shape index (κ1) is 15.3. The summed E-state index contributed by atoms with van der Waals surface area (Å²) in [5, 5.41) is 0.588. The van der Waals surface area contributed by atoms with E-state index in [1.807, 2.05) is 31.2 Å². The first-order valence-corrected chi connectivity index (χ1v) is 7.58. The van der Waals surface area contributed by atoms with Crippen LogP contribution < -0.4 is 5.73 Å². The molecule has 4 nitrogen and oxygen atoms in total. The minimum atomic E-state index is -0.133. The van der Waals surface area contributed by atoms with Gasteiger partial charge in [-0.1, -0.05) is 29.8 Å². The van der Waals surface area contributed by atoms with Gasteiger partial charge in [0.15, 0.2) is 0 Å². The van der Waals surface area contributed by atoms with E-state index in [0.29, 0.717) is 27.9 Å². The van der Waals surface area contributed by atoms with Crippen molar-refractivity contribution in [2.45, 2.75) is 13.8 Å². The third-order valence-corrected chi connectivity index (χ3v) is 4.01. The summed E-state index contributed by atoms with van der Waals surface area (Å²) < 4.78 is 1.71. The first-order chi connectivity index (χ1) is 11.0. The van der Waals surface area contributed by atoms with Crippen molar-refractivity contribution in [3.8, 4) is 5.69 Å². The summed E-state index contributed by atoms with van der Waals surface area (Å²) in [4.78, 5) is 17.2. The highest BCUT2D eigenvalue weighted by atomic mass is 35.5. The Bertz CT molecular complexity index is 882. The van der Waals surface area contributed by atoms with Gasteiger partial charge in [0.2, 0.25) is 11.7 Å². The minimum Gasteiger partial charge on any atom is -0.369 e. The summed E-state index contributed by atoms with van der Waals surface area (Å²) in [6.45, 7) is 3.76. The third-order valence-electron chi connectivity index (χ3n) is 3.76. The average molecular weight is 326 g/mol. The topological polar surface area (TPSA) is 60.9 Å². The SMILES string of the molecule is Cc1ccccc1-n1c(N)nc(C)c1C(=O)c1ccc(Cl)cc1. The van der Waals surface area contributed by atoms with Crippen molar-refractivity contribution in [2.24, 2.45) is 0 Å². The Balaban J connectivity index is 2.19. The van der Waals surface area contributed by atoms with Crippen molar-refractivity contribution in [1.29, 1.82) is 0 Å². The largest absolute Gasteiger partial charge is 0.369 e. The quantitative estimate of drug-likeness (QED) is 0.741. The Morgan fingerprint density at radius 1 is 1.09 bits per heavy atom. The second-order valence-corrected chi connectivity index (χ2v) is 5.80. The molecule has 0 bridgehead atoms. The fraction of sp³-hybridized carbons (Fsp3) is 0.111. The number of para-hydroxylation sites is 1. The zero-order chi connectivity index (χ0) is 16.6. The highest BCUT2D eigenvalue weighted by Crippen LogP contribution is 2.25. The van der Waals surface area contributed by atoms with Crippen LogP contribution in [0.5, 0.6) is 0 Å². The van der Waals surface area contributed by atoms with Crippen molar-refractivity contribution in [3.05, 3.63) is 76.1 Å². The van der Waals surface area contributed by atoms with Crippen LogP contribution in [-0.2, 0) is 0 Å². The predicted molar refractivity (Wildman–Crippen MR) is 92.3 cm³/mol. The summed E-state index contributed by atoms with van der Waals surface area (Å²) in [7, 11) is 0.